The minimum Gasteiger partial charge on any atom is -0.300 e. The minimum atomic E-state index is -2.98. The SMILES string of the molecule is CN(CCS(C)(=O)=O)Cc1cccc(C(=O)NN)n1. The van der Waals surface area contributed by atoms with Gasteiger partial charge in [0.2, 0.25) is 0 Å². The van der Waals surface area contributed by atoms with Crippen LogP contribution in [0.15, 0.2) is 18.2 Å². The number of nitrogens with one attached hydrogen (secondary N) is 1. The number of nitrogens with two attached hydrogens (primary N) is 1. The van der Waals surface area contributed by atoms with E-state index in [1.165, 1.54) is 6.26 Å². The zero-order chi connectivity index (χ0) is 14.5. The van der Waals surface area contributed by atoms with Crippen LogP contribution in [0.4, 0.5) is 0 Å². The van der Waals surface area contributed by atoms with E-state index >= 15 is 0 Å². The van der Waals surface area contributed by atoms with Crippen molar-refractivity contribution < 1.29 is 13.2 Å². The van der Waals surface area contributed by atoms with Crippen molar-refractivity contribution >= 4 is 15.7 Å². The van der Waals surface area contributed by atoms with Gasteiger partial charge in [-0.05, 0) is 19.2 Å². The summed E-state index contributed by atoms with van der Waals surface area (Å²) in [5, 5.41) is 0. The number of pyridine rings is 1. The molecule has 0 aliphatic rings. The lowest BCUT2D eigenvalue weighted by Crippen LogP contribution is -2.31. The number of sulfone groups is 1. The summed E-state index contributed by atoms with van der Waals surface area (Å²) in [6, 6.07) is 5.03. The first-order valence-electron chi connectivity index (χ1n) is 5.65. The van der Waals surface area contributed by atoms with E-state index < -0.39 is 15.7 Å². The molecule has 3 N–H and O–H groups in total. The maximum atomic E-state index is 11.3. The monoisotopic (exact) mass is 286 g/mol. The Morgan fingerprint density at radius 1 is 1.47 bits per heavy atom. The number of hydrogen-bond acceptors (Lipinski definition) is 6. The van der Waals surface area contributed by atoms with Crippen molar-refractivity contribution in [3.63, 3.8) is 0 Å². The summed E-state index contributed by atoms with van der Waals surface area (Å²) in [5.74, 6) is 4.67. The van der Waals surface area contributed by atoms with Crippen LogP contribution in [0.1, 0.15) is 16.2 Å². The molecule has 0 spiro atoms. The van der Waals surface area contributed by atoms with Crippen LogP contribution in [0.2, 0.25) is 0 Å². The van der Waals surface area contributed by atoms with Gasteiger partial charge in [-0.1, -0.05) is 6.07 Å². The number of hydrazine groups is 1. The Balaban J connectivity index is 2.64. The van der Waals surface area contributed by atoms with Gasteiger partial charge in [-0.25, -0.2) is 19.2 Å². The van der Waals surface area contributed by atoms with E-state index in [0.717, 1.165) is 0 Å². The van der Waals surface area contributed by atoms with Crippen molar-refractivity contribution in [1.82, 2.24) is 15.3 Å². The van der Waals surface area contributed by atoms with Gasteiger partial charge in [0.05, 0.1) is 11.4 Å². The molecule has 1 amide bonds. The Kier molecular flexibility index (Phi) is 5.40. The second-order valence-electron chi connectivity index (χ2n) is 4.36. The lowest BCUT2D eigenvalue weighted by molar-refractivity contribution is 0.0948. The molecule has 7 nitrogen and oxygen atoms in total. The smallest absolute Gasteiger partial charge is 0.283 e. The highest BCUT2D eigenvalue weighted by Gasteiger charge is 2.09. The highest BCUT2D eigenvalue weighted by atomic mass is 32.2. The van der Waals surface area contributed by atoms with E-state index in [-0.39, 0.29) is 11.4 Å². The van der Waals surface area contributed by atoms with E-state index in [4.69, 9.17) is 5.84 Å². The second kappa shape index (κ2) is 6.60. The minimum absolute atomic E-state index is 0.0898. The van der Waals surface area contributed by atoms with Gasteiger partial charge >= 0.3 is 0 Å². The highest BCUT2D eigenvalue weighted by Crippen LogP contribution is 2.03. The third kappa shape index (κ3) is 5.77. The number of carbonyl (C=O) groups excluding carboxylic acids is 1. The summed E-state index contributed by atoms with van der Waals surface area (Å²) in [5.41, 5.74) is 2.92. The molecule has 19 heavy (non-hydrogen) atoms. The first-order valence-corrected chi connectivity index (χ1v) is 7.71. The van der Waals surface area contributed by atoms with E-state index in [9.17, 15) is 13.2 Å². The largest absolute Gasteiger partial charge is 0.300 e. The Morgan fingerprint density at radius 2 is 2.16 bits per heavy atom. The Hall–Kier alpha value is -1.51. The average molecular weight is 286 g/mol. The highest BCUT2D eigenvalue weighted by molar-refractivity contribution is 7.90. The molecule has 1 rings (SSSR count). The fourth-order valence-electron chi connectivity index (χ4n) is 1.45. The predicted octanol–water partition coefficient (Wildman–Crippen LogP) is -0.838. The molecule has 0 fully saturated rings. The number of aromatic nitrogens is 1. The first kappa shape index (κ1) is 15.5. The van der Waals surface area contributed by atoms with Crippen LogP contribution in [-0.4, -0.2) is 49.8 Å². The van der Waals surface area contributed by atoms with E-state index in [1.807, 2.05) is 10.3 Å². The quantitative estimate of drug-likeness (QED) is 0.401. The molecule has 0 unspecified atom stereocenters. The molecule has 0 atom stereocenters. The Bertz CT molecular complexity index is 545. The van der Waals surface area contributed by atoms with Crippen LogP contribution in [0.5, 0.6) is 0 Å². The van der Waals surface area contributed by atoms with Crippen molar-refractivity contribution in [2.24, 2.45) is 5.84 Å². The normalized spacial score (nSPS) is 11.6. The molecule has 0 aliphatic carbocycles. The molecule has 0 aromatic carbocycles. The molecular formula is C11H18N4O3S. The maximum Gasteiger partial charge on any atom is 0.283 e. The number of carbonyl (C=O) groups is 1. The van der Waals surface area contributed by atoms with Crippen LogP contribution in [0, 0.1) is 0 Å². The summed E-state index contributed by atoms with van der Waals surface area (Å²) in [6.07, 6.45) is 1.20. The van der Waals surface area contributed by atoms with E-state index in [0.29, 0.717) is 18.8 Å². The summed E-state index contributed by atoms with van der Waals surface area (Å²) in [7, 11) is -1.19. The van der Waals surface area contributed by atoms with Crippen LogP contribution in [-0.2, 0) is 16.4 Å². The fraction of sp³-hybridized carbons (Fsp3) is 0.455. The molecule has 1 aromatic heterocycles. The van der Waals surface area contributed by atoms with E-state index in [2.05, 4.69) is 4.98 Å². The van der Waals surface area contributed by atoms with Crippen LogP contribution >= 0.6 is 0 Å². The van der Waals surface area contributed by atoms with Crippen LogP contribution in [0.3, 0.4) is 0 Å². The fourth-order valence-corrected chi connectivity index (χ4v) is 2.09. The molecule has 0 aliphatic heterocycles. The molecule has 106 valence electrons. The Morgan fingerprint density at radius 3 is 2.74 bits per heavy atom. The van der Waals surface area contributed by atoms with Crippen molar-refractivity contribution in [2.45, 2.75) is 6.54 Å². The number of hydrogen-bond donors (Lipinski definition) is 2. The first-order chi connectivity index (χ1) is 8.81. The molecule has 0 saturated carbocycles. The lowest BCUT2D eigenvalue weighted by atomic mass is 10.3. The molecule has 0 radical (unpaired) electrons. The second-order valence-corrected chi connectivity index (χ2v) is 6.62. The van der Waals surface area contributed by atoms with Crippen molar-refractivity contribution in [3.05, 3.63) is 29.6 Å². The summed E-state index contributed by atoms with van der Waals surface area (Å²) < 4.78 is 22.1. The molecular weight excluding hydrogens is 268 g/mol. The van der Waals surface area contributed by atoms with Gasteiger partial charge in [0.15, 0.2) is 0 Å². The molecule has 0 bridgehead atoms. The third-order valence-electron chi connectivity index (χ3n) is 2.45. The van der Waals surface area contributed by atoms with Gasteiger partial charge in [0.1, 0.15) is 15.5 Å². The summed E-state index contributed by atoms with van der Waals surface area (Å²) in [4.78, 5) is 17.3. The third-order valence-corrected chi connectivity index (χ3v) is 3.37. The van der Waals surface area contributed by atoms with Crippen LogP contribution < -0.4 is 11.3 Å². The van der Waals surface area contributed by atoms with Crippen molar-refractivity contribution in [1.29, 1.82) is 0 Å². The maximum absolute atomic E-state index is 11.3. The molecule has 0 saturated heterocycles. The molecule has 1 heterocycles. The van der Waals surface area contributed by atoms with Crippen molar-refractivity contribution in [3.8, 4) is 0 Å². The lowest BCUT2D eigenvalue weighted by Gasteiger charge is -2.15. The topological polar surface area (TPSA) is 105 Å². The molecule has 1 aromatic rings. The average Bonchev–Trinajstić information content (AvgIpc) is 2.35. The number of rotatable bonds is 6. The summed E-state index contributed by atoms with van der Waals surface area (Å²) in [6.45, 7) is 0.870. The Labute approximate surface area is 112 Å². The van der Waals surface area contributed by atoms with Crippen LogP contribution in [0.25, 0.3) is 0 Å². The number of nitrogens with zero attached hydrogens (tertiary/aromatic N) is 2. The predicted molar refractivity (Wildman–Crippen MR) is 71.9 cm³/mol. The van der Waals surface area contributed by atoms with E-state index in [1.54, 1.807) is 25.2 Å². The van der Waals surface area contributed by atoms with Gasteiger partial charge in [0.25, 0.3) is 5.91 Å². The van der Waals surface area contributed by atoms with Gasteiger partial charge in [-0.3, -0.25) is 15.1 Å². The number of nitrogen functional groups attached to an aromatic ring is 1. The van der Waals surface area contributed by atoms with Crippen molar-refractivity contribution in [2.75, 3.05) is 25.6 Å². The van der Waals surface area contributed by atoms with Gasteiger partial charge < -0.3 is 0 Å². The zero-order valence-corrected chi connectivity index (χ0v) is 11.8. The summed E-state index contributed by atoms with van der Waals surface area (Å²) >= 11 is 0. The van der Waals surface area contributed by atoms with Gasteiger partial charge in [-0.15, -0.1) is 0 Å². The standard InChI is InChI=1S/C11H18N4O3S/c1-15(6-7-19(2,17)18)8-9-4-3-5-10(13-9)11(16)14-12/h3-5H,6-8,12H2,1-2H3,(H,14,16). The van der Waals surface area contributed by atoms with Gasteiger partial charge in [0, 0.05) is 19.3 Å². The number of amides is 1. The van der Waals surface area contributed by atoms with Gasteiger partial charge in [-0.2, -0.15) is 0 Å². The molecule has 8 heteroatoms. The zero-order valence-electron chi connectivity index (χ0n) is 11.0.